The third kappa shape index (κ3) is 4.44. The van der Waals surface area contributed by atoms with E-state index in [-0.39, 0.29) is 5.57 Å². The van der Waals surface area contributed by atoms with Gasteiger partial charge in [-0.15, -0.1) is 0 Å². The summed E-state index contributed by atoms with van der Waals surface area (Å²) in [4.78, 5) is 12.4. The standard InChI is InChI=1S/C22H18N2O3/c1-15-6-8-16(9-7-15)21-11-10-20(27-21)12-17(14-23)22(25)24-18-4-3-5-19(13-18)26-2/h3-13H,1-2H3,(H,24,25)/b17-12+. The van der Waals surface area contributed by atoms with Crippen molar-refractivity contribution in [3.05, 3.63) is 77.6 Å². The Bertz CT molecular complexity index is 1020. The first-order valence-corrected chi connectivity index (χ1v) is 8.33. The van der Waals surface area contributed by atoms with Gasteiger partial charge >= 0.3 is 0 Å². The number of methoxy groups -OCH3 is 1. The summed E-state index contributed by atoms with van der Waals surface area (Å²) < 4.78 is 10.9. The Morgan fingerprint density at radius 3 is 2.63 bits per heavy atom. The highest BCUT2D eigenvalue weighted by atomic mass is 16.5. The average molecular weight is 358 g/mol. The summed E-state index contributed by atoms with van der Waals surface area (Å²) in [5.41, 5.74) is 2.58. The van der Waals surface area contributed by atoms with E-state index in [1.165, 1.54) is 6.08 Å². The zero-order chi connectivity index (χ0) is 19.2. The molecular weight excluding hydrogens is 340 g/mol. The Kier molecular flexibility index (Phi) is 5.38. The number of ether oxygens (including phenoxy) is 1. The van der Waals surface area contributed by atoms with Gasteiger partial charge < -0.3 is 14.5 Å². The second-order valence-corrected chi connectivity index (χ2v) is 5.92. The molecule has 2 aromatic carbocycles. The van der Waals surface area contributed by atoms with Crippen LogP contribution >= 0.6 is 0 Å². The maximum Gasteiger partial charge on any atom is 0.266 e. The Balaban J connectivity index is 1.78. The number of nitrogens with zero attached hydrogens (tertiary/aromatic N) is 1. The Morgan fingerprint density at radius 2 is 1.93 bits per heavy atom. The van der Waals surface area contributed by atoms with Crippen LogP contribution in [0.2, 0.25) is 0 Å². The van der Waals surface area contributed by atoms with E-state index in [0.717, 1.165) is 11.1 Å². The van der Waals surface area contributed by atoms with Gasteiger partial charge in [-0.1, -0.05) is 35.9 Å². The van der Waals surface area contributed by atoms with Crippen LogP contribution in [-0.2, 0) is 4.79 Å². The number of nitrogens with one attached hydrogen (secondary N) is 1. The van der Waals surface area contributed by atoms with E-state index in [1.807, 2.05) is 43.3 Å². The molecule has 1 heterocycles. The monoisotopic (exact) mass is 358 g/mol. The van der Waals surface area contributed by atoms with Crippen molar-refractivity contribution in [1.82, 2.24) is 0 Å². The zero-order valence-corrected chi connectivity index (χ0v) is 15.0. The quantitative estimate of drug-likeness (QED) is 0.525. The predicted molar refractivity (Wildman–Crippen MR) is 104 cm³/mol. The Morgan fingerprint density at radius 1 is 1.15 bits per heavy atom. The van der Waals surface area contributed by atoms with Crippen LogP contribution in [-0.4, -0.2) is 13.0 Å². The average Bonchev–Trinajstić information content (AvgIpc) is 3.15. The van der Waals surface area contributed by atoms with Crippen LogP contribution in [0.3, 0.4) is 0 Å². The number of nitriles is 1. The van der Waals surface area contributed by atoms with Crippen molar-refractivity contribution in [2.24, 2.45) is 0 Å². The minimum Gasteiger partial charge on any atom is -0.497 e. The molecule has 0 unspecified atom stereocenters. The molecule has 5 nitrogen and oxygen atoms in total. The zero-order valence-electron chi connectivity index (χ0n) is 15.0. The third-order valence-corrected chi connectivity index (χ3v) is 3.94. The lowest BCUT2D eigenvalue weighted by molar-refractivity contribution is -0.112. The lowest BCUT2D eigenvalue weighted by atomic mass is 10.1. The molecule has 0 aliphatic heterocycles. The SMILES string of the molecule is COc1cccc(NC(=O)/C(C#N)=C/c2ccc(-c3ccc(C)cc3)o2)c1. The molecule has 0 fully saturated rings. The first kappa shape index (κ1) is 18.0. The second kappa shape index (κ2) is 8.07. The molecule has 27 heavy (non-hydrogen) atoms. The normalized spacial score (nSPS) is 10.9. The highest BCUT2D eigenvalue weighted by Crippen LogP contribution is 2.24. The van der Waals surface area contributed by atoms with Gasteiger partial charge in [-0.05, 0) is 31.2 Å². The number of amides is 1. The summed E-state index contributed by atoms with van der Waals surface area (Å²) in [7, 11) is 1.55. The van der Waals surface area contributed by atoms with E-state index in [4.69, 9.17) is 9.15 Å². The van der Waals surface area contributed by atoms with Gasteiger partial charge in [0.1, 0.15) is 28.9 Å². The van der Waals surface area contributed by atoms with E-state index >= 15 is 0 Å². The van der Waals surface area contributed by atoms with Gasteiger partial charge in [0.2, 0.25) is 0 Å². The number of furan rings is 1. The van der Waals surface area contributed by atoms with Crippen molar-refractivity contribution in [3.63, 3.8) is 0 Å². The van der Waals surface area contributed by atoms with Crippen molar-refractivity contribution >= 4 is 17.7 Å². The third-order valence-electron chi connectivity index (χ3n) is 3.94. The van der Waals surface area contributed by atoms with E-state index in [2.05, 4.69) is 5.32 Å². The minimum atomic E-state index is -0.515. The number of anilines is 1. The van der Waals surface area contributed by atoms with Crippen molar-refractivity contribution < 1.29 is 13.9 Å². The van der Waals surface area contributed by atoms with Crippen LogP contribution in [0.1, 0.15) is 11.3 Å². The molecule has 1 amide bonds. The summed E-state index contributed by atoms with van der Waals surface area (Å²) >= 11 is 0. The van der Waals surface area contributed by atoms with Crippen molar-refractivity contribution in [3.8, 4) is 23.1 Å². The molecule has 0 aliphatic rings. The highest BCUT2D eigenvalue weighted by molar-refractivity contribution is 6.09. The van der Waals surface area contributed by atoms with Crippen molar-refractivity contribution in [2.45, 2.75) is 6.92 Å². The minimum absolute atomic E-state index is 0.0531. The van der Waals surface area contributed by atoms with Gasteiger partial charge in [-0.2, -0.15) is 5.26 Å². The first-order valence-electron chi connectivity index (χ1n) is 8.33. The van der Waals surface area contributed by atoms with Crippen LogP contribution in [0.5, 0.6) is 5.75 Å². The topological polar surface area (TPSA) is 75.3 Å². The van der Waals surface area contributed by atoms with Crippen LogP contribution in [0, 0.1) is 18.3 Å². The molecule has 1 aromatic heterocycles. The molecule has 3 aromatic rings. The van der Waals surface area contributed by atoms with E-state index in [9.17, 15) is 10.1 Å². The molecule has 0 saturated heterocycles. The van der Waals surface area contributed by atoms with Gasteiger partial charge in [0.15, 0.2) is 0 Å². The number of rotatable bonds is 5. The number of aryl methyl sites for hydroxylation is 1. The number of hydrogen-bond acceptors (Lipinski definition) is 4. The fourth-order valence-corrected chi connectivity index (χ4v) is 2.49. The highest BCUT2D eigenvalue weighted by Gasteiger charge is 2.12. The van der Waals surface area contributed by atoms with E-state index < -0.39 is 5.91 Å². The fourth-order valence-electron chi connectivity index (χ4n) is 2.49. The summed E-state index contributed by atoms with van der Waals surface area (Å²) in [6, 6.07) is 20.3. The van der Waals surface area contributed by atoms with E-state index in [0.29, 0.717) is 23.0 Å². The molecule has 134 valence electrons. The molecular formula is C22H18N2O3. The Hall–Kier alpha value is -3.78. The molecule has 0 saturated carbocycles. The van der Waals surface area contributed by atoms with Gasteiger partial charge in [0.05, 0.1) is 7.11 Å². The maximum absolute atomic E-state index is 12.4. The van der Waals surface area contributed by atoms with Gasteiger partial charge in [-0.25, -0.2) is 0 Å². The predicted octanol–water partition coefficient (Wildman–Crippen LogP) is 4.81. The molecule has 0 spiro atoms. The van der Waals surface area contributed by atoms with Crippen molar-refractivity contribution in [2.75, 3.05) is 12.4 Å². The lowest BCUT2D eigenvalue weighted by Gasteiger charge is -2.06. The molecule has 0 aliphatic carbocycles. The van der Waals surface area contributed by atoms with Gasteiger partial charge in [0, 0.05) is 23.4 Å². The van der Waals surface area contributed by atoms with Gasteiger partial charge in [-0.3, -0.25) is 4.79 Å². The number of hydrogen-bond donors (Lipinski definition) is 1. The summed E-state index contributed by atoms with van der Waals surface area (Å²) in [6.45, 7) is 2.01. The molecule has 1 N–H and O–H groups in total. The number of benzene rings is 2. The van der Waals surface area contributed by atoms with Crippen LogP contribution in [0.25, 0.3) is 17.4 Å². The van der Waals surface area contributed by atoms with Gasteiger partial charge in [0.25, 0.3) is 5.91 Å². The fraction of sp³-hybridized carbons (Fsp3) is 0.0909. The summed E-state index contributed by atoms with van der Waals surface area (Å²) in [5, 5.41) is 12.0. The first-order chi connectivity index (χ1) is 13.1. The summed E-state index contributed by atoms with van der Waals surface area (Å²) in [6.07, 6.45) is 1.42. The molecule has 0 atom stereocenters. The van der Waals surface area contributed by atoms with Crippen LogP contribution < -0.4 is 10.1 Å². The molecule has 0 bridgehead atoms. The molecule has 0 radical (unpaired) electrons. The largest absolute Gasteiger partial charge is 0.497 e. The molecule has 5 heteroatoms. The van der Waals surface area contributed by atoms with Crippen molar-refractivity contribution in [1.29, 1.82) is 5.26 Å². The Labute approximate surface area is 157 Å². The molecule has 3 rings (SSSR count). The number of carbonyl (C=O) groups is 1. The summed E-state index contributed by atoms with van der Waals surface area (Å²) in [5.74, 6) is 1.21. The van der Waals surface area contributed by atoms with Crippen LogP contribution in [0.4, 0.5) is 5.69 Å². The smallest absolute Gasteiger partial charge is 0.266 e. The second-order valence-electron chi connectivity index (χ2n) is 5.92. The number of carbonyl (C=O) groups excluding carboxylic acids is 1. The maximum atomic E-state index is 12.4. The van der Waals surface area contributed by atoms with Crippen LogP contribution in [0.15, 0.2) is 70.7 Å². The lowest BCUT2D eigenvalue weighted by Crippen LogP contribution is -2.13. The van der Waals surface area contributed by atoms with E-state index in [1.54, 1.807) is 37.4 Å².